The Morgan fingerprint density at radius 1 is 1.27 bits per heavy atom. The van der Waals surface area contributed by atoms with Crippen LogP contribution in [0.4, 0.5) is 15.0 Å². The van der Waals surface area contributed by atoms with E-state index in [1.165, 1.54) is 18.2 Å². The molecule has 3 N–H and O–H groups in total. The van der Waals surface area contributed by atoms with Gasteiger partial charge < -0.3 is 10.4 Å². The van der Waals surface area contributed by atoms with Gasteiger partial charge in [-0.1, -0.05) is 12.1 Å². The van der Waals surface area contributed by atoms with Gasteiger partial charge in [-0.2, -0.15) is 0 Å². The number of urea groups is 1. The van der Waals surface area contributed by atoms with Gasteiger partial charge in [-0.3, -0.25) is 5.32 Å². The van der Waals surface area contributed by atoms with Gasteiger partial charge in [0.25, 0.3) is 0 Å². The van der Waals surface area contributed by atoms with Crippen LogP contribution in [0.3, 0.4) is 0 Å². The Morgan fingerprint density at radius 3 is 2.77 bits per heavy atom. The summed E-state index contributed by atoms with van der Waals surface area (Å²) in [4.78, 5) is 16.2. The average Bonchev–Trinajstić information content (AvgIpc) is 3.31. The molecule has 1 aromatic heterocycles. The molecule has 1 aliphatic carbocycles. The van der Waals surface area contributed by atoms with E-state index in [4.69, 9.17) is 0 Å². The Morgan fingerprint density at radius 2 is 2.05 bits per heavy atom. The highest BCUT2D eigenvalue weighted by Gasteiger charge is 2.25. The zero-order chi connectivity index (χ0) is 15.5. The molecule has 6 heteroatoms. The number of pyridine rings is 1. The number of phenolic OH excluding ortho intramolecular Hbond substituents is 1. The van der Waals surface area contributed by atoms with Gasteiger partial charge in [0.2, 0.25) is 0 Å². The lowest BCUT2D eigenvalue weighted by atomic mass is 10.2. The number of amides is 2. The molecular formula is C16H16FN3O2. The van der Waals surface area contributed by atoms with Crippen molar-refractivity contribution in [3.05, 3.63) is 53.5 Å². The molecule has 1 fully saturated rings. The van der Waals surface area contributed by atoms with Crippen LogP contribution in [0.5, 0.6) is 5.75 Å². The van der Waals surface area contributed by atoms with E-state index >= 15 is 0 Å². The zero-order valence-electron chi connectivity index (χ0n) is 11.8. The summed E-state index contributed by atoms with van der Waals surface area (Å²) < 4.78 is 13.5. The molecule has 3 rings (SSSR count). The van der Waals surface area contributed by atoms with Crippen molar-refractivity contribution in [3.8, 4) is 5.75 Å². The molecule has 0 unspecified atom stereocenters. The maximum Gasteiger partial charge on any atom is 0.320 e. The maximum absolute atomic E-state index is 13.5. The van der Waals surface area contributed by atoms with Crippen LogP contribution in [-0.4, -0.2) is 16.1 Å². The Balaban J connectivity index is 1.59. The fraction of sp³-hybridized carbons (Fsp3) is 0.250. The predicted octanol–water partition coefficient (Wildman–Crippen LogP) is 3.13. The van der Waals surface area contributed by atoms with Gasteiger partial charge in [0.15, 0.2) is 0 Å². The van der Waals surface area contributed by atoms with Crippen LogP contribution in [0, 0.1) is 5.82 Å². The highest BCUT2D eigenvalue weighted by Crippen LogP contribution is 2.39. The summed E-state index contributed by atoms with van der Waals surface area (Å²) in [6, 6.07) is 9.00. The molecule has 22 heavy (non-hydrogen) atoms. The normalized spacial score (nSPS) is 13.7. The highest BCUT2D eigenvalue weighted by atomic mass is 19.1. The molecule has 114 valence electrons. The first-order valence-corrected chi connectivity index (χ1v) is 7.11. The molecule has 5 nitrogen and oxygen atoms in total. The van der Waals surface area contributed by atoms with Gasteiger partial charge in [-0.05, 0) is 37.1 Å². The lowest BCUT2D eigenvalue weighted by molar-refractivity contribution is 0.251. The molecule has 0 radical (unpaired) electrons. The van der Waals surface area contributed by atoms with Crippen molar-refractivity contribution < 1.29 is 14.3 Å². The SMILES string of the molecule is O=C(NCc1c(O)cccc1F)Nc1cccc(C2CC2)n1. The summed E-state index contributed by atoms with van der Waals surface area (Å²) in [5.41, 5.74) is 1.03. The van der Waals surface area contributed by atoms with E-state index in [-0.39, 0.29) is 17.9 Å². The lowest BCUT2D eigenvalue weighted by Crippen LogP contribution is -2.29. The van der Waals surface area contributed by atoms with Crippen molar-refractivity contribution in [3.63, 3.8) is 0 Å². The third-order valence-corrected chi connectivity index (χ3v) is 3.53. The number of halogens is 1. The molecule has 2 aromatic rings. The molecule has 0 bridgehead atoms. The Kier molecular flexibility index (Phi) is 3.91. The van der Waals surface area contributed by atoms with Crippen LogP contribution in [0.25, 0.3) is 0 Å². The molecule has 1 heterocycles. The number of hydrogen-bond acceptors (Lipinski definition) is 3. The second kappa shape index (κ2) is 6.01. The quantitative estimate of drug-likeness (QED) is 0.812. The van der Waals surface area contributed by atoms with Crippen molar-refractivity contribution in [2.75, 3.05) is 5.32 Å². The second-order valence-corrected chi connectivity index (χ2v) is 5.27. The molecule has 1 saturated carbocycles. The number of carbonyl (C=O) groups is 1. The first kappa shape index (κ1) is 14.3. The van der Waals surface area contributed by atoms with Crippen molar-refractivity contribution in [1.82, 2.24) is 10.3 Å². The number of benzene rings is 1. The molecule has 0 aliphatic heterocycles. The number of rotatable bonds is 4. The molecular weight excluding hydrogens is 285 g/mol. The van der Waals surface area contributed by atoms with E-state index in [2.05, 4.69) is 15.6 Å². The van der Waals surface area contributed by atoms with Crippen LogP contribution in [-0.2, 0) is 6.54 Å². The summed E-state index contributed by atoms with van der Waals surface area (Å²) in [7, 11) is 0. The molecule has 2 amide bonds. The van der Waals surface area contributed by atoms with Crippen LogP contribution in [0.1, 0.15) is 30.0 Å². The van der Waals surface area contributed by atoms with Crippen LogP contribution < -0.4 is 10.6 Å². The zero-order valence-corrected chi connectivity index (χ0v) is 11.8. The first-order chi connectivity index (χ1) is 10.6. The number of aromatic hydroxyl groups is 1. The first-order valence-electron chi connectivity index (χ1n) is 7.11. The smallest absolute Gasteiger partial charge is 0.320 e. The van der Waals surface area contributed by atoms with E-state index < -0.39 is 11.8 Å². The van der Waals surface area contributed by atoms with E-state index in [0.29, 0.717) is 11.7 Å². The summed E-state index contributed by atoms with van der Waals surface area (Å²) in [6.45, 7) is -0.105. The van der Waals surface area contributed by atoms with Gasteiger partial charge in [-0.25, -0.2) is 14.2 Å². The van der Waals surface area contributed by atoms with E-state index in [1.54, 1.807) is 6.07 Å². The number of phenols is 1. The second-order valence-electron chi connectivity index (χ2n) is 5.27. The van der Waals surface area contributed by atoms with Gasteiger partial charge in [0.1, 0.15) is 17.4 Å². The molecule has 1 aromatic carbocycles. The third kappa shape index (κ3) is 3.33. The topological polar surface area (TPSA) is 74.2 Å². The molecule has 1 aliphatic rings. The number of carbonyl (C=O) groups excluding carboxylic acids is 1. The van der Waals surface area contributed by atoms with Crippen molar-refractivity contribution in [2.45, 2.75) is 25.3 Å². The number of nitrogens with zero attached hydrogens (tertiary/aromatic N) is 1. The summed E-state index contributed by atoms with van der Waals surface area (Å²) in [6.07, 6.45) is 2.27. The fourth-order valence-electron chi connectivity index (χ4n) is 2.18. The van der Waals surface area contributed by atoms with Gasteiger partial charge in [-0.15, -0.1) is 0 Å². The lowest BCUT2D eigenvalue weighted by Gasteiger charge is -2.09. The molecule has 0 atom stereocenters. The average molecular weight is 301 g/mol. The van der Waals surface area contributed by atoms with E-state index in [1.807, 2.05) is 12.1 Å². The van der Waals surface area contributed by atoms with Gasteiger partial charge in [0, 0.05) is 17.2 Å². The van der Waals surface area contributed by atoms with Crippen LogP contribution in [0.2, 0.25) is 0 Å². The Bertz CT molecular complexity index is 681. The van der Waals surface area contributed by atoms with Gasteiger partial charge >= 0.3 is 6.03 Å². The molecule has 0 spiro atoms. The number of aromatic nitrogens is 1. The fourth-order valence-corrected chi connectivity index (χ4v) is 2.18. The minimum Gasteiger partial charge on any atom is -0.507 e. The maximum atomic E-state index is 13.5. The van der Waals surface area contributed by atoms with E-state index in [0.717, 1.165) is 18.5 Å². The standard InChI is InChI=1S/C16H16FN3O2/c17-12-3-1-5-14(21)11(12)9-18-16(22)20-15-6-2-4-13(19-15)10-7-8-10/h1-6,10,21H,7-9H2,(H2,18,19,20,22). The van der Waals surface area contributed by atoms with Crippen molar-refractivity contribution >= 4 is 11.8 Å². The highest BCUT2D eigenvalue weighted by molar-refractivity contribution is 5.88. The monoisotopic (exact) mass is 301 g/mol. The van der Waals surface area contributed by atoms with Crippen molar-refractivity contribution in [1.29, 1.82) is 0 Å². The van der Waals surface area contributed by atoms with Crippen LogP contribution in [0.15, 0.2) is 36.4 Å². The molecule has 0 saturated heterocycles. The largest absolute Gasteiger partial charge is 0.507 e. The Hall–Kier alpha value is -2.63. The minimum atomic E-state index is -0.561. The van der Waals surface area contributed by atoms with Gasteiger partial charge in [0.05, 0.1) is 6.54 Å². The van der Waals surface area contributed by atoms with Crippen LogP contribution >= 0.6 is 0 Å². The van der Waals surface area contributed by atoms with Crippen molar-refractivity contribution in [2.24, 2.45) is 0 Å². The summed E-state index contributed by atoms with van der Waals surface area (Å²) >= 11 is 0. The minimum absolute atomic E-state index is 0.0531. The number of hydrogen-bond donors (Lipinski definition) is 3. The number of anilines is 1. The predicted molar refractivity (Wildman–Crippen MR) is 80.1 cm³/mol. The number of nitrogens with one attached hydrogen (secondary N) is 2. The third-order valence-electron chi connectivity index (χ3n) is 3.53. The summed E-state index contributed by atoms with van der Waals surface area (Å²) in [5, 5.41) is 14.7. The summed E-state index contributed by atoms with van der Waals surface area (Å²) in [5.74, 6) is 0.211. The van der Waals surface area contributed by atoms with E-state index in [9.17, 15) is 14.3 Å². The Labute approximate surface area is 127 Å².